The molecule has 0 aliphatic heterocycles. The molecule has 0 saturated heterocycles. The van der Waals surface area contributed by atoms with Crippen LogP contribution in [-0.2, 0) is 4.79 Å². The first-order valence-electron chi connectivity index (χ1n) is 6.92. The van der Waals surface area contributed by atoms with E-state index < -0.39 is 0 Å². The van der Waals surface area contributed by atoms with E-state index in [4.69, 9.17) is 5.73 Å². The van der Waals surface area contributed by atoms with Crippen molar-refractivity contribution in [2.45, 2.75) is 70.2 Å². The molecule has 1 aliphatic carbocycles. The third-order valence-electron chi connectivity index (χ3n) is 3.87. The lowest BCUT2D eigenvalue weighted by Crippen LogP contribution is -2.47. The molecule has 18 heavy (non-hydrogen) atoms. The largest absolute Gasteiger partial charge is 0.352 e. The van der Waals surface area contributed by atoms with Gasteiger partial charge in [-0.05, 0) is 24.5 Å². The maximum Gasteiger partial charge on any atom is 0.221 e. The van der Waals surface area contributed by atoms with E-state index in [0.29, 0.717) is 17.7 Å². The van der Waals surface area contributed by atoms with Crippen LogP contribution in [0.2, 0.25) is 0 Å². The fourth-order valence-electron chi connectivity index (χ4n) is 2.32. The molecule has 1 rings (SSSR count). The minimum absolute atomic E-state index is 0.0111. The molecule has 0 spiro atoms. The summed E-state index contributed by atoms with van der Waals surface area (Å²) in [6, 6.07) is 0.266. The van der Waals surface area contributed by atoms with Crippen LogP contribution in [-0.4, -0.2) is 29.5 Å². The van der Waals surface area contributed by atoms with Crippen molar-refractivity contribution in [1.29, 1.82) is 0 Å². The van der Waals surface area contributed by atoms with Gasteiger partial charge in [0.1, 0.15) is 0 Å². The summed E-state index contributed by atoms with van der Waals surface area (Å²) >= 11 is 1.87. The SMILES string of the molecule is CSC1CCCCC1NC(=O)CC(N)C(C)(C)C. The van der Waals surface area contributed by atoms with Crippen molar-refractivity contribution >= 4 is 17.7 Å². The van der Waals surface area contributed by atoms with Gasteiger partial charge in [-0.1, -0.05) is 33.6 Å². The zero-order chi connectivity index (χ0) is 13.8. The third kappa shape index (κ3) is 4.81. The average Bonchev–Trinajstić information content (AvgIpc) is 2.28. The van der Waals surface area contributed by atoms with Crippen LogP contribution in [0.15, 0.2) is 0 Å². The van der Waals surface area contributed by atoms with Crippen LogP contribution in [0, 0.1) is 5.41 Å². The molecule has 3 unspecified atom stereocenters. The molecule has 3 N–H and O–H groups in total. The number of carbonyl (C=O) groups excluding carboxylic acids is 1. The minimum atomic E-state index is -0.0752. The molecule has 0 aromatic heterocycles. The third-order valence-corrected chi connectivity index (χ3v) is 5.04. The number of hydrogen-bond donors (Lipinski definition) is 2. The lowest BCUT2D eigenvalue weighted by Gasteiger charge is -2.32. The van der Waals surface area contributed by atoms with E-state index in [0.717, 1.165) is 6.42 Å². The number of hydrogen-bond acceptors (Lipinski definition) is 3. The summed E-state index contributed by atoms with van der Waals surface area (Å²) in [5, 5.41) is 3.76. The zero-order valence-electron chi connectivity index (χ0n) is 12.2. The quantitative estimate of drug-likeness (QED) is 0.827. The minimum Gasteiger partial charge on any atom is -0.352 e. The highest BCUT2D eigenvalue weighted by molar-refractivity contribution is 7.99. The molecule has 4 heteroatoms. The lowest BCUT2D eigenvalue weighted by molar-refractivity contribution is -0.122. The van der Waals surface area contributed by atoms with E-state index in [-0.39, 0.29) is 17.4 Å². The van der Waals surface area contributed by atoms with E-state index >= 15 is 0 Å². The number of amides is 1. The summed E-state index contributed by atoms with van der Waals surface area (Å²) < 4.78 is 0. The van der Waals surface area contributed by atoms with E-state index in [9.17, 15) is 4.79 Å². The van der Waals surface area contributed by atoms with E-state index in [1.165, 1.54) is 19.3 Å². The molecule has 1 fully saturated rings. The number of carbonyl (C=O) groups is 1. The Bertz CT molecular complexity index is 275. The monoisotopic (exact) mass is 272 g/mol. The van der Waals surface area contributed by atoms with Gasteiger partial charge in [0.05, 0.1) is 0 Å². The van der Waals surface area contributed by atoms with Gasteiger partial charge in [0.2, 0.25) is 5.91 Å². The Kier molecular flexibility index (Phi) is 5.99. The van der Waals surface area contributed by atoms with E-state index in [2.05, 4.69) is 32.3 Å². The first-order valence-corrected chi connectivity index (χ1v) is 8.21. The van der Waals surface area contributed by atoms with Crippen molar-refractivity contribution in [2.24, 2.45) is 11.1 Å². The maximum absolute atomic E-state index is 12.0. The van der Waals surface area contributed by atoms with Crippen molar-refractivity contribution in [2.75, 3.05) is 6.26 Å². The Morgan fingerprint density at radius 2 is 2.00 bits per heavy atom. The van der Waals surface area contributed by atoms with E-state index in [1.54, 1.807) is 0 Å². The molecule has 0 radical (unpaired) electrons. The number of nitrogens with two attached hydrogens (primary N) is 1. The topological polar surface area (TPSA) is 55.1 Å². The molecule has 106 valence electrons. The molecule has 0 bridgehead atoms. The summed E-state index contributed by atoms with van der Waals surface area (Å²) in [7, 11) is 0. The van der Waals surface area contributed by atoms with Crippen molar-refractivity contribution < 1.29 is 4.79 Å². The fourth-order valence-corrected chi connectivity index (χ4v) is 3.25. The van der Waals surface area contributed by atoms with Gasteiger partial charge in [0, 0.05) is 23.8 Å². The van der Waals surface area contributed by atoms with Gasteiger partial charge in [-0.15, -0.1) is 0 Å². The molecular formula is C14H28N2OS. The standard InChI is InChI=1S/C14H28N2OS/c1-14(2,3)12(15)9-13(17)16-10-7-5-6-8-11(10)18-4/h10-12H,5-9,15H2,1-4H3,(H,16,17). The summed E-state index contributed by atoms with van der Waals surface area (Å²) in [6.45, 7) is 6.24. The molecule has 1 amide bonds. The Morgan fingerprint density at radius 1 is 1.39 bits per heavy atom. The lowest BCUT2D eigenvalue weighted by atomic mass is 9.85. The Morgan fingerprint density at radius 3 is 2.56 bits per heavy atom. The zero-order valence-corrected chi connectivity index (χ0v) is 13.0. The van der Waals surface area contributed by atoms with Gasteiger partial charge in [-0.3, -0.25) is 4.79 Å². The summed E-state index contributed by atoms with van der Waals surface area (Å²) in [6.07, 6.45) is 7.42. The predicted octanol–water partition coefficient (Wildman–Crippen LogP) is 2.54. The Hall–Kier alpha value is -0.220. The highest BCUT2D eigenvalue weighted by atomic mass is 32.2. The van der Waals surface area contributed by atoms with Crippen LogP contribution >= 0.6 is 11.8 Å². The van der Waals surface area contributed by atoms with Crippen molar-refractivity contribution in [1.82, 2.24) is 5.32 Å². The molecule has 1 aliphatic rings. The molecule has 0 aromatic rings. The van der Waals surface area contributed by atoms with Gasteiger partial charge >= 0.3 is 0 Å². The smallest absolute Gasteiger partial charge is 0.221 e. The average molecular weight is 272 g/mol. The van der Waals surface area contributed by atoms with Crippen LogP contribution in [0.25, 0.3) is 0 Å². The molecule has 1 saturated carbocycles. The van der Waals surface area contributed by atoms with Gasteiger partial charge in [0.15, 0.2) is 0 Å². The molecule has 3 atom stereocenters. The molecule has 0 heterocycles. The Labute approximate surface area is 116 Å². The van der Waals surface area contributed by atoms with Crippen molar-refractivity contribution in [3.63, 3.8) is 0 Å². The van der Waals surface area contributed by atoms with Crippen LogP contribution in [0.1, 0.15) is 52.9 Å². The number of rotatable bonds is 4. The van der Waals surface area contributed by atoms with Crippen LogP contribution in [0.3, 0.4) is 0 Å². The highest BCUT2D eigenvalue weighted by Crippen LogP contribution is 2.27. The van der Waals surface area contributed by atoms with Gasteiger partial charge in [-0.25, -0.2) is 0 Å². The molecule has 3 nitrogen and oxygen atoms in total. The second-order valence-corrected chi connectivity index (χ2v) is 7.49. The van der Waals surface area contributed by atoms with Gasteiger partial charge < -0.3 is 11.1 Å². The Balaban J connectivity index is 2.43. The van der Waals surface area contributed by atoms with E-state index in [1.807, 2.05) is 11.8 Å². The summed E-state index contributed by atoms with van der Waals surface area (Å²) in [5.41, 5.74) is 6.05. The highest BCUT2D eigenvalue weighted by Gasteiger charge is 2.28. The fraction of sp³-hybridized carbons (Fsp3) is 0.929. The van der Waals surface area contributed by atoms with Gasteiger partial charge in [-0.2, -0.15) is 11.8 Å². The van der Waals surface area contributed by atoms with Crippen LogP contribution < -0.4 is 11.1 Å². The number of thioether (sulfide) groups is 1. The first kappa shape index (κ1) is 15.8. The predicted molar refractivity (Wildman–Crippen MR) is 79.7 cm³/mol. The second kappa shape index (κ2) is 6.80. The summed E-state index contributed by atoms with van der Waals surface area (Å²) in [4.78, 5) is 12.0. The number of nitrogens with one attached hydrogen (secondary N) is 1. The normalized spacial score (nSPS) is 26.7. The van der Waals surface area contributed by atoms with Crippen LogP contribution in [0.4, 0.5) is 0 Å². The maximum atomic E-state index is 12.0. The summed E-state index contributed by atoms with van der Waals surface area (Å²) in [5.74, 6) is 0.114. The van der Waals surface area contributed by atoms with Crippen molar-refractivity contribution in [3.05, 3.63) is 0 Å². The van der Waals surface area contributed by atoms with Crippen LogP contribution in [0.5, 0.6) is 0 Å². The first-order chi connectivity index (χ1) is 8.34. The molecular weight excluding hydrogens is 244 g/mol. The van der Waals surface area contributed by atoms with Crippen molar-refractivity contribution in [3.8, 4) is 0 Å². The van der Waals surface area contributed by atoms with Gasteiger partial charge in [0.25, 0.3) is 0 Å². The molecule has 0 aromatic carbocycles. The second-order valence-electron chi connectivity index (χ2n) is 6.41.